The Morgan fingerprint density at radius 1 is 1.27 bits per heavy atom. The van der Waals surface area contributed by atoms with Gasteiger partial charge in [0, 0.05) is 12.2 Å². The van der Waals surface area contributed by atoms with Crippen LogP contribution in [0.1, 0.15) is 29.5 Å². The van der Waals surface area contributed by atoms with E-state index in [9.17, 15) is 4.79 Å². The van der Waals surface area contributed by atoms with Crippen molar-refractivity contribution < 1.29 is 4.79 Å². The molecule has 1 aromatic heterocycles. The van der Waals surface area contributed by atoms with Gasteiger partial charge in [0.2, 0.25) is 5.95 Å². The van der Waals surface area contributed by atoms with Gasteiger partial charge in [-0.25, -0.2) is 9.97 Å². The lowest BCUT2D eigenvalue weighted by Crippen LogP contribution is -2.16. The van der Waals surface area contributed by atoms with E-state index in [4.69, 9.17) is 23.2 Å². The van der Waals surface area contributed by atoms with Crippen LogP contribution >= 0.6 is 23.2 Å². The smallest absolute Gasteiger partial charge is 0.274 e. The Morgan fingerprint density at radius 2 is 2.05 bits per heavy atom. The Kier molecular flexibility index (Phi) is 5.57. The van der Waals surface area contributed by atoms with Crippen LogP contribution in [-0.2, 0) is 0 Å². The summed E-state index contributed by atoms with van der Waals surface area (Å²) in [5.74, 6) is 0.0680. The maximum atomic E-state index is 12.3. The number of hydrogen-bond donors (Lipinski definition) is 2. The van der Waals surface area contributed by atoms with Gasteiger partial charge in [0.1, 0.15) is 5.69 Å². The highest BCUT2D eigenvalue weighted by Gasteiger charge is 2.13. The molecule has 7 heteroatoms. The van der Waals surface area contributed by atoms with E-state index in [0.717, 1.165) is 13.0 Å². The Hall–Kier alpha value is -1.85. The predicted molar refractivity (Wildman–Crippen MR) is 90.0 cm³/mol. The maximum absolute atomic E-state index is 12.3. The fraction of sp³-hybridized carbons (Fsp3) is 0.267. The normalized spacial score (nSPS) is 10.4. The second-order valence-corrected chi connectivity index (χ2v) is 5.49. The first-order valence-corrected chi connectivity index (χ1v) is 7.61. The van der Waals surface area contributed by atoms with E-state index >= 15 is 0 Å². The molecule has 0 aliphatic heterocycles. The van der Waals surface area contributed by atoms with E-state index in [1.54, 1.807) is 24.3 Å². The summed E-state index contributed by atoms with van der Waals surface area (Å²) in [4.78, 5) is 20.8. The van der Waals surface area contributed by atoms with Gasteiger partial charge in [-0.05, 0) is 31.5 Å². The topological polar surface area (TPSA) is 66.9 Å². The van der Waals surface area contributed by atoms with Crippen molar-refractivity contribution in [2.75, 3.05) is 17.2 Å². The maximum Gasteiger partial charge on any atom is 0.274 e. The number of hydrogen-bond acceptors (Lipinski definition) is 4. The average Bonchev–Trinajstić information content (AvgIpc) is 2.49. The fourth-order valence-electron chi connectivity index (χ4n) is 1.79. The van der Waals surface area contributed by atoms with E-state index in [-0.39, 0.29) is 11.6 Å². The number of benzene rings is 1. The summed E-state index contributed by atoms with van der Waals surface area (Å²) in [6, 6.07) is 6.66. The van der Waals surface area contributed by atoms with Gasteiger partial charge in [0.15, 0.2) is 0 Å². The Morgan fingerprint density at radius 3 is 2.77 bits per heavy atom. The van der Waals surface area contributed by atoms with Crippen molar-refractivity contribution in [3.05, 3.63) is 45.7 Å². The van der Waals surface area contributed by atoms with Crippen molar-refractivity contribution >= 4 is 40.7 Å². The van der Waals surface area contributed by atoms with E-state index in [0.29, 0.717) is 27.4 Å². The van der Waals surface area contributed by atoms with E-state index < -0.39 is 0 Å². The standard InChI is InChI=1S/C15H16Cl2N4O/c1-3-7-18-15-19-9(2)8-12(21-15)14(22)20-11-6-4-5-10(16)13(11)17/h4-6,8H,3,7H2,1-2H3,(H,20,22)(H,18,19,21). The minimum atomic E-state index is -0.366. The first-order valence-electron chi connectivity index (χ1n) is 6.86. The third-order valence-electron chi connectivity index (χ3n) is 2.82. The Labute approximate surface area is 139 Å². The highest BCUT2D eigenvalue weighted by molar-refractivity contribution is 6.44. The van der Waals surface area contributed by atoms with Crippen molar-refractivity contribution in [2.24, 2.45) is 0 Å². The zero-order valence-corrected chi connectivity index (χ0v) is 13.8. The molecule has 2 aromatic rings. The summed E-state index contributed by atoms with van der Waals surface area (Å²) in [6.07, 6.45) is 0.941. The van der Waals surface area contributed by atoms with Gasteiger partial charge < -0.3 is 10.6 Å². The molecule has 0 saturated heterocycles. The number of amides is 1. The van der Waals surface area contributed by atoms with Crippen molar-refractivity contribution in [2.45, 2.75) is 20.3 Å². The molecule has 0 aliphatic carbocycles. The fourth-order valence-corrected chi connectivity index (χ4v) is 2.14. The van der Waals surface area contributed by atoms with E-state index in [1.165, 1.54) is 0 Å². The quantitative estimate of drug-likeness (QED) is 0.858. The Balaban J connectivity index is 2.22. The number of carbonyl (C=O) groups is 1. The molecule has 0 radical (unpaired) electrons. The highest BCUT2D eigenvalue weighted by atomic mass is 35.5. The number of anilines is 2. The molecule has 0 bridgehead atoms. The third-order valence-corrected chi connectivity index (χ3v) is 3.64. The summed E-state index contributed by atoms with van der Waals surface area (Å²) in [7, 11) is 0. The van der Waals surface area contributed by atoms with Crippen molar-refractivity contribution in [3.8, 4) is 0 Å². The molecule has 0 unspecified atom stereocenters. The lowest BCUT2D eigenvalue weighted by Gasteiger charge is -2.10. The second kappa shape index (κ2) is 7.42. The van der Waals surface area contributed by atoms with Gasteiger partial charge in [-0.1, -0.05) is 36.2 Å². The zero-order chi connectivity index (χ0) is 16.1. The highest BCUT2D eigenvalue weighted by Crippen LogP contribution is 2.29. The first-order chi connectivity index (χ1) is 10.5. The number of halogens is 2. The van der Waals surface area contributed by atoms with Gasteiger partial charge in [0.05, 0.1) is 15.7 Å². The van der Waals surface area contributed by atoms with E-state index in [2.05, 4.69) is 20.6 Å². The molecule has 0 saturated carbocycles. The first kappa shape index (κ1) is 16.5. The minimum absolute atomic E-state index is 0.266. The van der Waals surface area contributed by atoms with Crippen LogP contribution in [0.2, 0.25) is 10.0 Å². The molecule has 0 spiro atoms. The van der Waals surface area contributed by atoms with Gasteiger partial charge in [-0.15, -0.1) is 0 Å². The van der Waals surface area contributed by atoms with Crippen LogP contribution in [0, 0.1) is 6.92 Å². The SMILES string of the molecule is CCCNc1nc(C)cc(C(=O)Nc2cccc(Cl)c2Cl)n1. The molecule has 2 N–H and O–H groups in total. The number of rotatable bonds is 5. The molecule has 1 amide bonds. The lowest BCUT2D eigenvalue weighted by atomic mass is 10.3. The molecule has 2 rings (SSSR count). The molecule has 0 aliphatic rings. The summed E-state index contributed by atoms with van der Waals surface area (Å²) < 4.78 is 0. The number of aryl methyl sites for hydroxylation is 1. The molecule has 22 heavy (non-hydrogen) atoms. The summed E-state index contributed by atoms with van der Waals surface area (Å²) in [6.45, 7) is 4.59. The van der Waals surface area contributed by atoms with Gasteiger partial charge in [-0.3, -0.25) is 4.79 Å². The predicted octanol–water partition coefficient (Wildman–Crippen LogP) is 4.17. The monoisotopic (exact) mass is 338 g/mol. The van der Waals surface area contributed by atoms with Crippen LogP contribution in [-0.4, -0.2) is 22.4 Å². The average molecular weight is 339 g/mol. The molecule has 0 atom stereocenters. The molecule has 0 fully saturated rings. The number of nitrogens with zero attached hydrogens (tertiary/aromatic N) is 2. The van der Waals surface area contributed by atoms with Crippen molar-refractivity contribution in [1.82, 2.24) is 9.97 Å². The molecule has 116 valence electrons. The number of aromatic nitrogens is 2. The second-order valence-electron chi connectivity index (χ2n) is 4.70. The van der Waals surface area contributed by atoms with Crippen LogP contribution in [0.4, 0.5) is 11.6 Å². The summed E-state index contributed by atoms with van der Waals surface area (Å²) in [5, 5.41) is 6.45. The van der Waals surface area contributed by atoms with Crippen LogP contribution in [0.3, 0.4) is 0 Å². The van der Waals surface area contributed by atoms with Crippen LogP contribution in [0.15, 0.2) is 24.3 Å². The molecular formula is C15H16Cl2N4O. The molecular weight excluding hydrogens is 323 g/mol. The van der Waals surface area contributed by atoms with Crippen LogP contribution in [0.5, 0.6) is 0 Å². The zero-order valence-electron chi connectivity index (χ0n) is 12.3. The number of carbonyl (C=O) groups excluding carboxylic acids is 1. The molecule has 1 aromatic carbocycles. The largest absolute Gasteiger partial charge is 0.354 e. The number of nitrogens with one attached hydrogen (secondary N) is 2. The summed E-state index contributed by atoms with van der Waals surface area (Å²) >= 11 is 12.0. The van der Waals surface area contributed by atoms with Crippen LogP contribution < -0.4 is 10.6 Å². The van der Waals surface area contributed by atoms with Gasteiger partial charge >= 0.3 is 0 Å². The van der Waals surface area contributed by atoms with Crippen molar-refractivity contribution in [3.63, 3.8) is 0 Å². The molecule has 5 nitrogen and oxygen atoms in total. The van der Waals surface area contributed by atoms with E-state index in [1.807, 2.05) is 13.8 Å². The third kappa shape index (κ3) is 4.08. The van der Waals surface area contributed by atoms with Crippen molar-refractivity contribution in [1.29, 1.82) is 0 Å². The van der Waals surface area contributed by atoms with Crippen LogP contribution in [0.25, 0.3) is 0 Å². The summed E-state index contributed by atoms with van der Waals surface area (Å²) in [5.41, 5.74) is 1.41. The van der Waals surface area contributed by atoms with Gasteiger partial charge in [0.25, 0.3) is 5.91 Å². The Bertz CT molecular complexity index is 691. The molecule has 1 heterocycles. The lowest BCUT2D eigenvalue weighted by molar-refractivity contribution is 0.102. The van der Waals surface area contributed by atoms with Gasteiger partial charge in [-0.2, -0.15) is 0 Å². The minimum Gasteiger partial charge on any atom is -0.354 e.